The first-order chi connectivity index (χ1) is 8.15. The van der Waals surface area contributed by atoms with Gasteiger partial charge in [0.25, 0.3) is 5.91 Å². The maximum absolute atomic E-state index is 12.2. The zero-order chi connectivity index (χ0) is 12.0. The lowest BCUT2D eigenvalue weighted by molar-refractivity contribution is -0.149. The van der Waals surface area contributed by atoms with Crippen LogP contribution in [0.5, 0.6) is 0 Å². The van der Waals surface area contributed by atoms with Crippen LogP contribution in [-0.2, 0) is 9.53 Å². The van der Waals surface area contributed by atoms with Gasteiger partial charge in [-0.05, 0) is 24.3 Å². The number of rotatable bonds is 1. The third-order valence-corrected chi connectivity index (χ3v) is 3.42. The standard InChI is InChI=1S/C12H10ClNO3/c13-8-3-1-7(2-4-8)11(15)14-6-9-5-10(14)12(16)17-9/h1-4,9-10H,5-6H2/t9-,10-/m0/s1. The molecule has 4 nitrogen and oxygen atoms in total. The minimum atomic E-state index is -0.400. The molecule has 2 bridgehead atoms. The molecule has 0 unspecified atom stereocenters. The smallest absolute Gasteiger partial charge is 0.329 e. The van der Waals surface area contributed by atoms with E-state index < -0.39 is 6.04 Å². The van der Waals surface area contributed by atoms with Crippen molar-refractivity contribution in [1.29, 1.82) is 0 Å². The van der Waals surface area contributed by atoms with Crippen LogP contribution in [0.1, 0.15) is 16.8 Å². The van der Waals surface area contributed by atoms with E-state index in [0.29, 0.717) is 23.6 Å². The number of likely N-dealkylation sites (tertiary alicyclic amines) is 1. The van der Waals surface area contributed by atoms with Crippen molar-refractivity contribution < 1.29 is 14.3 Å². The highest BCUT2D eigenvalue weighted by Gasteiger charge is 2.48. The number of esters is 1. The summed E-state index contributed by atoms with van der Waals surface area (Å²) in [6.07, 6.45) is 0.502. The van der Waals surface area contributed by atoms with Crippen LogP contribution in [0.4, 0.5) is 0 Å². The van der Waals surface area contributed by atoms with Gasteiger partial charge in [-0.2, -0.15) is 0 Å². The molecule has 88 valence electrons. The average molecular weight is 252 g/mol. The molecule has 2 aliphatic heterocycles. The van der Waals surface area contributed by atoms with Gasteiger partial charge in [-0.3, -0.25) is 4.79 Å². The summed E-state index contributed by atoms with van der Waals surface area (Å²) in [6, 6.07) is 6.27. The van der Waals surface area contributed by atoms with Crippen molar-refractivity contribution in [2.24, 2.45) is 0 Å². The van der Waals surface area contributed by atoms with Gasteiger partial charge in [-0.25, -0.2) is 4.79 Å². The monoisotopic (exact) mass is 251 g/mol. The van der Waals surface area contributed by atoms with Crippen LogP contribution in [0.3, 0.4) is 0 Å². The van der Waals surface area contributed by atoms with Crippen molar-refractivity contribution in [1.82, 2.24) is 4.90 Å². The normalized spacial score (nSPS) is 26.2. The van der Waals surface area contributed by atoms with Crippen molar-refractivity contribution in [2.45, 2.75) is 18.6 Å². The molecular formula is C12H10ClNO3. The summed E-state index contributed by atoms with van der Waals surface area (Å²) in [6.45, 7) is 0.498. The summed E-state index contributed by atoms with van der Waals surface area (Å²) in [5.41, 5.74) is 0.551. The number of amides is 1. The van der Waals surface area contributed by atoms with Gasteiger partial charge in [0, 0.05) is 17.0 Å². The Labute approximate surface area is 103 Å². The number of ether oxygens (including phenoxy) is 1. The Morgan fingerprint density at radius 2 is 2.06 bits per heavy atom. The molecule has 2 atom stereocenters. The summed E-state index contributed by atoms with van der Waals surface area (Å²) in [7, 11) is 0. The zero-order valence-corrected chi connectivity index (χ0v) is 9.68. The molecule has 3 rings (SSSR count). The van der Waals surface area contributed by atoms with E-state index >= 15 is 0 Å². The van der Waals surface area contributed by atoms with Crippen LogP contribution in [0, 0.1) is 0 Å². The summed E-state index contributed by atoms with van der Waals surface area (Å²) in [5.74, 6) is -0.422. The molecule has 2 saturated heterocycles. The molecule has 0 spiro atoms. The fourth-order valence-electron chi connectivity index (χ4n) is 2.33. The highest BCUT2D eigenvalue weighted by Crippen LogP contribution is 2.30. The van der Waals surface area contributed by atoms with Crippen LogP contribution in [0.15, 0.2) is 24.3 Å². The minimum Gasteiger partial charge on any atom is -0.459 e. The second kappa shape index (κ2) is 3.74. The Kier molecular flexibility index (Phi) is 2.33. The molecule has 0 aliphatic carbocycles. The molecule has 17 heavy (non-hydrogen) atoms. The second-order valence-electron chi connectivity index (χ2n) is 4.27. The lowest BCUT2D eigenvalue weighted by Gasteiger charge is -2.25. The topological polar surface area (TPSA) is 46.6 Å². The number of hydrogen-bond donors (Lipinski definition) is 0. The second-order valence-corrected chi connectivity index (χ2v) is 4.71. The summed E-state index contributed by atoms with van der Waals surface area (Å²) in [4.78, 5) is 25.2. The average Bonchev–Trinajstić information content (AvgIpc) is 2.87. The van der Waals surface area contributed by atoms with Crippen LogP contribution in [0.2, 0.25) is 5.02 Å². The largest absolute Gasteiger partial charge is 0.459 e. The predicted molar refractivity (Wildman–Crippen MR) is 60.8 cm³/mol. The predicted octanol–water partition coefficient (Wildman–Crippen LogP) is 1.48. The Morgan fingerprint density at radius 3 is 2.65 bits per heavy atom. The molecule has 1 amide bonds. The highest BCUT2D eigenvalue weighted by atomic mass is 35.5. The third-order valence-electron chi connectivity index (χ3n) is 3.17. The van der Waals surface area contributed by atoms with Crippen molar-refractivity contribution in [3.8, 4) is 0 Å². The van der Waals surface area contributed by atoms with E-state index in [0.717, 1.165) is 0 Å². The molecule has 1 aromatic rings. The van der Waals surface area contributed by atoms with Crippen molar-refractivity contribution in [3.63, 3.8) is 0 Å². The molecule has 0 radical (unpaired) electrons. The van der Waals surface area contributed by atoms with Gasteiger partial charge in [0.15, 0.2) is 0 Å². The lowest BCUT2D eigenvalue weighted by Crippen LogP contribution is -2.44. The molecule has 2 heterocycles. The SMILES string of the molecule is O=C1O[C@H]2C[C@@H]1N(C(=O)c1ccc(Cl)cc1)C2. The van der Waals surface area contributed by atoms with E-state index in [4.69, 9.17) is 16.3 Å². The van der Waals surface area contributed by atoms with Crippen molar-refractivity contribution in [3.05, 3.63) is 34.9 Å². The molecule has 0 aromatic heterocycles. The Morgan fingerprint density at radius 1 is 1.35 bits per heavy atom. The van der Waals surface area contributed by atoms with E-state index in [2.05, 4.69) is 0 Å². The van der Waals surface area contributed by atoms with Crippen LogP contribution >= 0.6 is 11.6 Å². The fraction of sp³-hybridized carbons (Fsp3) is 0.333. The van der Waals surface area contributed by atoms with Gasteiger partial charge in [0.05, 0.1) is 6.54 Å². The quantitative estimate of drug-likeness (QED) is 0.711. The lowest BCUT2D eigenvalue weighted by atomic mass is 10.2. The number of hydrogen-bond acceptors (Lipinski definition) is 3. The van der Waals surface area contributed by atoms with Crippen molar-refractivity contribution in [2.75, 3.05) is 6.54 Å². The van der Waals surface area contributed by atoms with Gasteiger partial charge >= 0.3 is 5.97 Å². The molecular weight excluding hydrogens is 242 g/mol. The number of benzene rings is 1. The summed E-state index contributed by atoms with van der Waals surface area (Å²) >= 11 is 5.76. The molecule has 2 aliphatic rings. The maximum atomic E-state index is 12.2. The van der Waals surface area contributed by atoms with Gasteiger partial charge in [0.2, 0.25) is 0 Å². The minimum absolute atomic E-state index is 0.122. The molecule has 1 aromatic carbocycles. The zero-order valence-electron chi connectivity index (χ0n) is 8.93. The van der Waals surface area contributed by atoms with E-state index in [9.17, 15) is 9.59 Å². The molecule has 5 heteroatoms. The first-order valence-electron chi connectivity index (χ1n) is 5.42. The maximum Gasteiger partial charge on any atom is 0.329 e. The fourth-order valence-corrected chi connectivity index (χ4v) is 2.46. The molecule has 0 N–H and O–H groups in total. The van der Waals surface area contributed by atoms with Gasteiger partial charge in [-0.1, -0.05) is 11.6 Å². The first kappa shape index (κ1) is 10.6. The van der Waals surface area contributed by atoms with Crippen molar-refractivity contribution >= 4 is 23.5 Å². The van der Waals surface area contributed by atoms with E-state index in [1.54, 1.807) is 29.2 Å². The number of halogens is 1. The Hall–Kier alpha value is -1.55. The summed E-state index contributed by atoms with van der Waals surface area (Å²) in [5, 5.41) is 0.587. The van der Waals surface area contributed by atoms with Crippen LogP contribution in [-0.4, -0.2) is 35.5 Å². The molecule has 0 saturated carbocycles. The van der Waals surface area contributed by atoms with Crippen LogP contribution < -0.4 is 0 Å². The van der Waals surface area contributed by atoms with Gasteiger partial charge < -0.3 is 9.64 Å². The Balaban J connectivity index is 1.84. The van der Waals surface area contributed by atoms with E-state index in [-0.39, 0.29) is 18.0 Å². The molecule has 2 fully saturated rings. The highest BCUT2D eigenvalue weighted by molar-refractivity contribution is 6.30. The number of carbonyl (C=O) groups excluding carboxylic acids is 2. The number of nitrogens with zero attached hydrogens (tertiary/aromatic N) is 1. The van der Waals surface area contributed by atoms with E-state index in [1.807, 2.05) is 0 Å². The number of fused-ring (bicyclic) bond motifs is 2. The van der Waals surface area contributed by atoms with Crippen LogP contribution in [0.25, 0.3) is 0 Å². The third kappa shape index (κ3) is 1.69. The Bertz CT molecular complexity index is 485. The first-order valence-corrected chi connectivity index (χ1v) is 5.80. The van der Waals surface area contributed by atoms with E-state index in [1.165, 1.54) is 0 Å². The number of carbonyl (C=O) groups is 2. The summed E-state index contributed by atoms with van der Waals surface area (Å²) < 4.78 is 5.04. The van der Waals surface area contributed by atoms with Gasteiger partial charge in [0.1, 0.15) is 12.1 Å². The number of morpholine rings is 1. The van der Waals surface area contributed by atoms with Gasteiger partial charge in [-0.15, -0.1) is 0 Å².